The van der Waals surface area contributed by atoms with Crippen LogP contribution in [0.4, 0.5) is 0 Å². The highest BCUT2D eigenvalue weighted by Crippen LogP contribution is 2.32. The van der Waals surface area contributed by atoms with E-state index in [1.165, 1.54) is 0 Å². The summed E-state index contributed by atoms with van der Waals surface area (Å²) in [6.45, 7) is 11.4. The van der Waals surface area contributed by atoms with Crippen LogP contribution in [0.25, 0.3) is 0 Å². The third kappa shape index (κ3) is 4.81. The average molecular weight is 290 g/mol. The summed E-state index contributed by atoms with van der Waals surface area (Å²) in [7, 11) is 0. The molecule has 0 saturated heterocycles. The lowest BCUT2D eigenvalue weighted by molar-refractivity contribution is -0.550. The highest BCUT2D eigenvalue weighted by Gasteiger charge is 2.38. The molecule has 0 heterocycles. The molecule has 1 atom stereocenters. The van der Waals surface area contributed by atoms with Crippen molar-refractivity contribution in [2.45, 2.75) is 39.2 Å². The number of likely N-dealkylation sites (N-methyl/N-ethyl adjacent to an activating group) is 1. The van der Waals surface area contributed by atoms with E-state index in [-0.39, 0.29) is 12.5 Å². The van der Waals surface area contributed by atoms with Crippen molar-refractivity contribution in [3.63, 3.8) is 0 Å². The second-order valence-corrected chi connectivity index (χ2v) is 5.72. The maximum Gasteiger partial charge on any atom is 0.333 e. The minimum Gasteiger partial charge on any atom is -0.455 e. The molecule has 1 aromatic rings. The monoisotopic (exact) mass is 290 g/mol. The molecule has 0 fully saturated rings. The fraction of sp³-hybridized carbons (Fsp3) is 0.471. The number of nitroso groups, excluding NO2 is 1. The number of carbonyl (C=O) groups excluding carboxylic acids is 1. The van der Waals surface area contributed by atoms with Crippen LogP contribution in [0.5, 0.6) is 0 Å². The summed E-state index contributed by atoms with van der Waals surface area (Å²) in [5, 5.41) is 0. The standard InChI is InChI=1S/C17H24NO3/c1-6-18(20)12-15(14-10-8-7-9-11-14)17(4,5)21-16(19)13(2)3/h7-11,15H,2,6,12H2,1,3-5H3/q+1. The molecule has 0 radical (unpaired) electrons. The fourth-order valence-corrected chi connectivity index (χ4v) is 2.14. The first-order valence-electron chi connectivity index (χ1n) is 7.13. The predicted octanol–water partition coefficient (Wildman–Crippen LogP) is 3.47. The Morgan fingerprint density at radius 3 is 2.38 bits per heavy atom. The van der Waals surface area contributed by atoms with Gasteiger partial charge in [0.15, 0.2) is 6.54 Å². The van der Waals surface area contributed by atoms with Crippen molar-refractivity contribution in [1.29, 1.82) is 0 Å². The highest BCUT2D eigenvalue weighted by atomic mass is 16.6. The molecule has 4 heteroatoms. The number of hydrogen-bond donors (Lipinski definition) is 0. The lowest BCUT2D eigenvalue weighted by atomic mass is 9.84. The topological polar surface area (TPSA) is 46.4 Å². The maximum absolute atomic E-state index is 11.8. The van der Waals surface area contributed by atoms with E-state index in [1.807, 2.05) is 51.1 Å². The first-order chi connectivity index (χ1) is 9.77. The molecule has 4 nitrogen and oxygen atoms in total. The molecule has 114 valence electrons. The van der Waals surface area contributed by atoms with E-state index in [0.717, 1.165) is 10.3 Å². The van der Waals surface area contributed by atoms with Gasteiger partial charge in [-0.2, -0.15) is 0 Å². The second kappa shape index (κ2) is 7.16. The van der Waals surface area contributed by atoms with Crippen molar-refractivity contribution < 1.29 is 14.3 Å². The molecule has 0 amide bonds. The lowest BCUT2D eigenvalue weighted by Gasteiger charge is -2.32. The zero-order valence-corrected chi connectivity index (χ0v) is 13.3. The first-order valence-corrected chi connectivity index (χ1v) is 7.13. The third-order valence-corrected chi connectivity index (χ3v) is 3.48. The average Bonchev–Trinajstić information content (AvgIpc) is 2.44. The van der Waals surface area contributed by atoms with Crippen molar-refractivity contribution in [2.75, 3.05) is 13.1 Å². The zero-order valence-electron chi connectivity index (χ0n) is 13.3. The number of carbonyl (C=O) groups is 1. The van der Waals surface area contributed by atoms with Crippen LogP contribution in [0, 0.1) is 4.91 Å². The molecule has 0 aliphatic carbocycles. The van der Waals surface area contributed by atoms with Gasteiger partial charge in [0, 0.05) is 10.5 Å². The zero-order chi connectivity index (χ0) is 16.0. The lowest BCUT2D eigenvalue weighted by Crippen LogP contribution is -2.39. The van der Waals surface area contributed by atoms with Gasteiger partial charge >= 0.3 is 5.97 Å². The van der Waals surface area contributed by atoms with Gasteiger partial charge in [-0.05, 0) is 38.0 Å². The number of ether oxygens (including phenoxy) is 1. The van der Waals surface area contributed by atoms with Gasteiger partial charge in [-0.3, -0.25) is 0 Å². The van der Waals surface area contributed by atoms with E-state index in [2.05, 4.69) is 6.58 Å². The van der Waals surface area contributed by atoms with Crippen molar-refractivity contribution in [1.82, 2.24) is 0 Å². The number of rotatable bonds is 7. The Bertz CT molecular complexity index is 520. The second-order valence-electron chi connectivity index (χ2n) is 5.72. The van der Waals surface area contributed by atoms with Crippen LogP contribution < -0.4 is 0 Å². The molecule has 0 aromatic heterocycles. The van der Waals surface area contributed by atoms with Gasteiger partial charge in [0.05, 0.1) is 5.92 Å². The van der Waals surface area contributed by atoms with Gasteiger partial charge in [0.2, 0.25) is 6.54 Å². The predicted molar refractivity (Wildman–Crippen MR) is 83.2 cm³/mol. The van der Waals surface area contributed by atoms with Crippen LogP contribution in [0.1, 0.15) is 39.2 Å². The smallest absolute Gasteiger partial charge is 0.333 e. The summed E-state index contributed by atoms with van der Waals surface area (Å²) in [4.78, 5) is 23.7. The van der Waals surface area contributed by atoms with E-state index >= 15 is 0 Å². The molecule has 0 saturated carbocycles. The molecule has 1 rings (SSSR count). The summed E-state index contributed by atoms with van der Waals surface area (Å²) < 4.78 is 6.54. The quantitative estimate of drug-likeness (QED) is 0.439. The highest BCUT2D eigenvalue weighted by molar-refractivity contribution is 5.87. The van der Waals surface area contributed by atoms with Crippen LogP contribution in [0.15, 0.2) is 42.5 Å². The van der Waals surface area contributed by atoms with E-state index in [9.17, 15) is 9.70 Å². The summed E-state index contributed by atoms with van der Waals surface area (Å²) >= 11 is 0. The van der Waals surface area contributed by atoms with Crippen LogP contribution >= 0.6 is 0 Å². The molecular formula is C17H24NO3+. The van der Waals surface area contributed by atoms with Gasteiger partial charge in [-0.15, -0.1) is 0 Å². The molecule has 0 aliphatic heterocycles. The van der Waals surface area contributed by atoms with Crippen LogP contribution in [-0.2, 0) is 9.53 Å². The largest absolute Gasteiger partial charge is 0.455 e. The number of nitrogens with zero attached hydrogens (tertiary/aromatic N) is 1. The molecular weight excluding hydrogens is 266 g/mol. The normalized spacial score (nSPS) is 12.6. The Morgan fingerprint density at radius 1 is 1.33 bits per heavy atom. The summed E-state index contributed by atoms with van der Waals surface area (Å²) in [5.74, 6) is -0.644. The van der Waals surface area contributed by atoms with E-state index < -0.39 is 11.6 Å². The van der Waals surface area contributed by atoms with Crippen LogP contribution in [-0.4, -0.2) is 29.4 Å². The Labute approximate surface area is 126 Å². The first kappa shape index (κ1) is 17.1. The van der Waals surface area contributed by atoms with Gasteiger partial charge < -0.3 is 4.74 Å². The van der Waals surface area contributed by atoms with E-state index in [1.54, 1.807) is 6.92 Å². The number of esters is 1. The molecule has 1 unspecified atom stereocenters. The van der Waals surface area contributed by atoms with Crippen molar-refractivity contribution >= 4 is 5.97 Å². The van der Waals surface area contributed by atoms with Crippen molar-refractivity contribution in [3.8, 4) is 0 Å². The van der Waals surface area contributed by atoms with Gasteiger partial charge in [-0.1, -0.05) is 36.9 Å². The summed E-state index contributed by atoms with van der Waals surface area (Å²) in [6, 6.07) is 9.65. The van der Waals surface area contributed by atoms with E-state index in [4.69, 9.17) is 4.74 Å². The Balaban J connectivity index is 3.07. The molecule has 0 spiro atoms. The van der Waals surface area contributed by atoms with Gasteiger partial charge in [-0.25, -0.2) is 4.79 Å². The Kier molecular flexibility index (Phi) is 5.82. The van der Waals surface area contributed by atoms with Gasteiger partial charge in [0.1, 0.15) is 5.60 Å². The molecule has 0 aliphatic rings. The maximum atomic E-state index is 11.8. The van der Waals surface area contributed by atoms with Crippen molar-refractivity contribution in [2.24, 2.45) is 0 Å². The minimum atomic E-state index is -0.796. The molecule has 21 heavy (non-hydrogen) atoms. The van der Waals surface area contributed by atoms with E-state index in [0.29, 0.717) is 12.1 Å². The third-order valence-electron chi connectivity index (χ3n) is 3.48. The van der Waals surface area contributed by atoms with Crippen LogP contribution in [0.3, 0.4) is 0 Å². The fourth-order valence-electron chi connectivity index (χ4n) is 2.14. The Hall–Kier alpha value is -1.97. The summed E-state index contributed by atoms with van der Waals surface area (Å²) in [6.07, 6.45) is 0. The Morgan fingerprint density at radius 2 is 1.90 bits per heavy atom. The molecule has 1 aromatic carbocycles. The van der Waals surface area contributed by atoms with Gasteiger partial charge in [0.25, 0.3) is 0 Å². The molecule has 0 N–H and O–H groups in total. The SMILES string of the molecule is C=C(C)C(=O)OC(C)(C)C(C[N+](=O)CC)c1ccccc1. The number of hydrogen-bond acceptors (Lipinski definition) is 3. The van der Waals surface area contributed by atoms with Crippen LogP contribution in [0.2, 0.25) is 0 Å². The van der Waals surface area contributed by atoms with Crippen molar-refractivity contribution in [3.05, 3.63) is 53.0 Å². The molecule has 0 bridgehead atoms. The summed E-state index contributed by atoms with van der Waals surface area (Å²) in [5.41, 5.74) is 0.533. The minimum absolute atomic E-state index is 0.209. The number of benzene rings is 1.